The van der Waals surface area contributed by atoms with E-state index in [1.165, 1.54) is 51.7 Å². The van der Waals surface area contributed by atoms with Crippen LogP contribution in [0, 0.1) is 5.41 Å². The zero-order chi connectivity index (χ0) is 12.1. The summed E-state index contributed by atoms with van der Waals surface area (Å²) >= 11 is 0. The number of hydrogen-bond donors (Lipinski definition) is 1. The van der Waals surface area contributed by atoms with Crippen LogP contribution >= 0.6 is 12.4 Å². The lowest BCUT2D eigenvalue weighted by Gasteiger charge is -2.43. The Hall–Kier alpha value is 0.170. The summed E-state index contributed by atoms with van der Waals surface area (Å²) in [6, 6.07) is 0.706. The van der Waals surface area contributed by atoms with Crippen LogP contribution in [0.5, 0.6) is 0 Å². The second kappa shape index (κ2) is 7.68. The molecule has 0 amide bonds. The fourth-order valence-electron chi connectivity index (χ4n) is 3.34. The highest BCUT2D eigenvalue weighted by Gasteiger charge is 2.33. The lowest BCUT2D eigenvalue weighted by atomic mass is 9.77. The number of rotatable bonds is 4. The Labute approximate surface area is 118 Å². The number of halogens is 1. The lowest BCUT2D eigenvalue weighted by Crippen LogP contribution is -2.49. The Balaban J connectivity index is 0.00000162. The predicted molar refractivity (Wildman–Crippen MR) is 78.5 cm³/mol. The van der Waals surface area contributed by atoms with Crippen LogP contribution in [0.1, 0.15) is 39.0 Å². The van der Waals surface area contributed by atoms with E-state index in [1.54, 1.807) is 0 Å². The Morgan fingerprint density at radius 2 is 2.06 bits per heavy atom. The molecule has 2 fully saturated rings. The highest BCUT2D eigenvalue weighted by atomic mass is 35.5. The van der Waals surface area contributed by atoms with Crippen molar-refractivity contribution in [3.05, 3.63) is 0 Å². The van der Waals surface area contributed by atoms with Gasteiger partial charge in [0.15, 0.2) is 0 Å². The van der Waals surface area contributed by atoms with E-state index < -0.39 is 0 Å². The van der Waals surface area contributed by atoms with E-state index in [4.69, 9.17) is 4.74 Å². The normalized spacial score (nSPS) is 28.7. The molecule has 0 saturated carbocycles. The van der Waals surface area contributed by atoms with Crippen molar-refractivity contribution in [1.82, 2.24) is 10.2 Å². The maximum atomic E-state index is 5.53. The van der Waals surface area contributed by atoms with Gasteiger partial charge in [-0.3, -0.25) is 0 Å². The van der Waals surface area contributed by atoms with Gasteiger partial charge in [0.25, 0.3) is 0 Å². The van der Waals surface area contributed by atoms with Crippen molar-refractivity contribution in [1.29, 1.82) is 0 Å². The van der Waals surface area contributed by atoms with Crippen LogP contribution in [-0.2, 0) is 4.74 Å². The fraction of sp³-hybridized carbons (Fsp3) is 1.00. The summed E-state index contributed by atoms with van der Waals surface area (Å²) in [5, 5.41) is 3.44. The Bertz CT molecular complexity index is 232. The zero-order valence-electron chi connectivity index (χ0n) is 11.9. The van der Waals surface area contributed by atoms with Gasteiger partial charge >= 0.3 is 0 Å². The van der Waals surface area contributed by atoms with Crippen molar-refractivity contribution in [3.63, 3.8) is 0 Å². The maximum Gasteiger partial charge on any atom is 0.0471 e. The number of hydrogen-bond acceptors (Lipinski definition) is 3. The Morgan fingerprint density at radius 3 is 2.67 bits per heavy atom. The Morgan fingerprint density at radius 1 is 1.33 bits per heavy atom. The van der Waals surface area contributed by atoms with Crippen molar-refractivity contribution in [2.24, 2.45) is 5.41 Å². The van der Waals surface area contributed by atoms with Crippen molar-refractivity contribution in [2.75, 3.05) is 39.9 Å². The van der Waals surface area contributed by atoms with E-state index in [2.05, 4.69) is 24.2 Å². The van der Waals surface area contributed by atoms with Gasteiger partial charge in [-0.1, -0.05) is 6.92 Å². The summed E-state index contributed by atoms with van der Waals surface area (Å²) in [6.07, 6.45) is 6.50. The molecule has 2 aliphatic rings. The molecule has 1 unspecified atom stereocenters. The minimum absolute atomic E-state index is 0. The lowest BCUT2D eigenvalue weighted by molar-refractivity contribution is -0.0116. The molecule has 0 aliphatic carbocycles. The monoisotopic (exact) mass is 276 g/mol. The molecule has 0 aromatic rings. The van der Waals surface area contributed by atoms with Gasteiger partial charge in [0.2, 0.25) is 0 Å². The molecule has 18 heavy (non-hydrogen) atoms. The van der Waals surface area contributed by atoms with Crippen LogP contribution < -0.4 is 5.32 Å². The average Bonchev–Trinajstić information content (AvgIpc) is 2.40. The summed E-state index contributed by atoms with van der Waals surface area (Å²) in [7, 11) is 2.10. The quantitative estimate of drug-likeness (QED) is 0.853. The molecule has 2 rings (SSSR count). The van der Waals surface area contributed by atoms with Gasteiger partial charge in [0, 0.05) is 32.3 Å². The number of piperidine rings is 1. The summed E-state index contributed by atoms with van der Waals surface area (Å²) in [5.41, 5.74) is 0.536. The van der Waals surface area contributed by atoms with Gasteiger partial charge < -0.3 is 15.0 Å². The zero-order valence-corrected chi connectivity index (χ0v) is 12.7. The first-order chi connectivity index (χ1) is 8.28. The smallest absolute Gasteiger partial charge is 0.0471 e. The molecule has 0 spiro atoms. The summed E-state index contributed by atoms with van der Waals surface area (Å²) < 4.78 is 5.53. The van der Waals surface area contributed by atoms with Crippen molar-refractivity contribution < 1.29 is 4.74 Å². The molecular formula is C14H29ClN2O. The first-order valence-electron chi connectivity index (χ1n) is 7.25. The van der Waals surface area contributed by atoms with E-state index in [0.717, 1.165) is 13.2 Å². The second-order valence-electron chi connectivity index (χ2n) is 5.83. The van der Waals surface area contributed by atoms with Crippen LogP contribution in [0.15, 0.2) is 0 Å². The molecule has 1 N–H and O–H groups in total. The first kappa shape index (κ1) is 16.2. The number of nitrogens with zero attached hydrogens (tertiary/aromatic N) is 1. The molecule has 0 bridgehead atoms. The molecule has 0 aromatic carbocycles. The predicted octanol–water partition coefficient (Wildman–Crippen LogP) is 2.30. The van der Waals surface area contributed by atoms with Gasteiger partial charge in [-0.2, -0.15) is 0 Å². The van der Waals surface area contributed by atoms with Crippen molar-refractivity contribution in [3.8, 4) is 0 Å². The van der Waals surface area contributed by atoms with Crippen LogP contribution in [0.3, 0.4) is 0 Å². The fourth-order valence-corrected chi connectivity index (χ4v) is 3.34. The number of nitrogens with one attached hydrogen (secondary N) is 1. The SMILES string of the molecule is CCC1(CN2CCCC(NC)C2)CCOCC1.Cl. The standard InChI is InChI=1S/C14H28N2O.ClH/c1-3-14(6-9-17-10-7-14)12-16-8-4-5-13(11-16)15-2;/h13,15H,3-12H2,1-2H3;1H. The highest BCUT2D eigenvalue weighted by Crippen LogP contribution is 2.35. The van der Waals surface area contributed by atoms with Crippen molar-refractivity contribution >= 4 is 12.4 Å². The van der Waals surface area contributed by atoms with Gasteiger partial charge in [0.05, 0.1) is 0 Å². The topological polar surface area (TPSA) is 24.5 Å². The van der Waals surface area contributed by atoms with Crippen LogP contribution in [0.4, 0.5) is 0 Å². The van der Waals surface area contributed by atoms with Gasteiger partial charge in [0.1, 0.15) is 0 Å². The van der Waals surface area contributed by atoms with E-state index in [0.29, 0.717) is 11.5 Å². The van der Waals surface area contributed by atoms with E-state index >= 15 is 0 Å². The first-order valence-corrected chi connectivity index (χ1v) is 7.25. The van der Waals surface area contributed by atoms with E-state index in [9.17, 15) is 0 Å². The van der Waals surface area contributed by atoms with Gasteiger partial charge in [-0.15, -0.1) is 12.4 Å². The van der Waals surface area contributed by atoms with Crippen LogP contribution in [0.2, 0.25) is 0 Å². The minimum atomic E-state index is 0. The number of ether oxygens (including phenoxy) is 1. The molecular weight excluding hydrogens is 248 g/mol. The molecule has 2 heterocycles. The molecule has 2 saturated heterocycles. The summed E-state index contributed by atoms with van der Waals surface area (Å²) in [6.45, 7) is 8.10. The van der Waals surface area contributed by atoms with E-state index in [1.807, 2.05) is 0 Å². The van der Waals surface area contributed by atoms with E-state index in [-0.39, 0.29) is 12.4 Å². The summed E-state index contributed by atoms with van der Waals surface area (Å²) in [5.74, 6) is 0. The molecule has 3 nitrogen and oxygen atoms in total. The third-order valence-electron chi connectivity index (χ3n) is 4.78. The maximum absolute atomic E-state index is 5.53. The third-order valence-corrected chi connectivity index (χ3v) is 4.78. The third kappa shape index (κ3) is 4.09. The molecule has 4 heteroatoms. The van der Waals surface area contributed by atoms with Gasteiger partial charge in [-0.25, -0.2) is 0 Å². The second-order valence-corrected chi connectivity index (χ2v) is 5.83. The average molecular weight is 277 g/mol. The largest absolute Gasteiger partial charge is 0.381 e. The molecule has 2 aliphatic heterocycles. The Kier molecular flexibility index (Phi) is 6.93. The van der Waals surface area contributed by atoms with Crippen LogP contribution in [-0.4, -0.2) is 50.8 Å². The molecule has 108 valence electrons. The molecule has 1 atom stereocenters. The van der Waals surface area contributed by atoms with Crippen LogP contribution in [0.25, 0.3) is 0 Å². The number of likely N-dealkylation sites (N-methyl/N-ethyl adjacent to an activating group) is 1. The molecule has 0 radical (unpaired) electrons. The number of likely N-dealkylation sites (tertiary alicyclic amines) is 1. The van der Waals surface area contributed by atoms with Gasteiger partial charge in [-0.05, 0) is 51.1 Å². The molecule has 0 aromatic heterocycles. The highest BCUT2D eigenvalue weighted by molar-refractivity contribution is 5.85. The van der Waals surface area contributed by atoms with Crippen molar-refractivity contribution in [2.45, 2.75) is 45.1 Å². The minimum Gasteiger partial charge on any atom is -0.381 e. The summed E-state index contributed by atoms with van der Waals surface area (Å²) in [4.78, 5) is 2.68.